The summed E-state index contributed by atoms with van der Waals surface area (Å²) in [5.74, 6) is 7.51. The van der Waals surface area contributed by atoms with Crippen LogP contribution in [0.2, 0.25) is 10.0 Å². The summed E-state index contributed by atoms with van der Waals surface area (Å²) >= 11 is 11.8. The predicted octanol–water partition coefficient (Wildman–Crippen LogP) is 5.36. The molecule has 2 atom stereocenters. The van der Waals surface area contributed by atoms with Gasteiger partial charge in [0.2, 0.25) is 0 Å². The molecular formula is C25H18Cl2FN3O2. The van der Waals surface area contributed by atoms with Crippen LogP contribution in [0, 0.1) is 35.4 Å². The lowest BCUT2D eigenvalue weighted by molar-refractivity contribution is -0.114. The summed E-state index contributed by atoms with van der Waals surface area (Å²) in [6.45, 7) is 5.09. The Balaban J connectivity index is 1.55. The zero-order valence-corrected chi connectivity index (χ0v) is 18.9. The van der Waals surface area contributed by atoms with Crippen molar-refractivity contribution < 1.29 is 13.9 Å². The molecule has 2 aromatic carbocycles. The van der Waals surface area contributed by atoms with Crippen LogP contribution in [-0.4, -0.2) is 29.0 Å². The number of nitrogens with one attached hydrogen (secondary N) is 1. The summed E-state index contributed by atoms with van der Waals surface area (Å²) in [6, 6.07) is 6.63. The number of allylic oxidation sites excluding steroid dienone is 1. The van der Waals surface area contributed by atoms with Crippen molar-refractivity contribution in [1.82, 2.24) is 9.97 Å². The Kier molecular flexibility index (Phi) is 5.79. The van der Waals surface area contributed by atoms with Crippen molar-refractivity contribution in [3.8, 4) is 11.8 Å². The van der Waals surface area contributed by atoms with Gasteiger partial charge in [-0.2, -0.15) is 0 Å². The molecule has 5 rings (SSSR count). The number of anilines is 2. The Bertz CT molecular complexity index is 1360. The summed E-state index contributed by atoms with van der Waals surface area (Å²) in [4.78, 5) is 20.8. The van der Waals surface area contributed by atoms with Crippen LogP contribution in [0.3, 0.4) is 0 Å². The Morgan fingerprint density at radius 3 is 2.82 bits per heavy atom. The van der Waals surface area contributed by atoms with Gasteiger partial charge in [-0.3, -0.25) is 4.79 Å². The first-order valence-corrected chi connectivity index (χ1v) is 11.1. The van der Waals surface area contributed by atoms with E-state index in [0.717, 1.165) is 24.3 Å². The largest absolute Gasteiger partial charge is 0.381 e. The third-order valence-corrected chi connectivity index (χ3v) is 6.85. The number of rotatable bonds is 5. The van der Waals surface area contributed by atoms with Crippen LogP contribution in [0.25, 0.3) is 10.9 Å². The van der Waals surface area contributed by atoms with E-state index >= 15 is 0 Å². The van der Waals surface area contributed by atoms with Crippen molar-refractivity contribution >= 4 is 51.4 Å². The average molecular weight is 482 g/mol. The number of halogens is 3. The van der Waals surface area contributed by atoms with Gasteiger partial charge in [0.1, 0.15) is 12.1 Å². The number of benzene rings is 2. The summed E-state index contributed by atoms with van der Waals surface area (Å²) < 4.78 is 20.0. The monoisotopic (exact) mass is 481 g/mol. The second-order valence-corrected chi connectivity index (χ2v) is 8.89. The summed E-state index contributed by atoms with van der Waals surface area (Å²) in [5, 5.41) is 3.52. The zero-order chi connectivity index (χ0) is 23.1. The van der Waals surface area contributed by atoms with E-state index in [0.29, 0.717) is 34.5 Å². The van der Waals surface area contributed by atoms with Gasteiger partial charge in [0, 0.05) is 35.1 Å². The highest BCUT2D eigenvalue weighted by Gasteiger charge is 2.53. The molecule has 0 radical (unpaired) electrons. The maximum Gasteiger partial charge on any atom is 0.166 e. The number of fused-ring (bicyclic) bond motifs is 2. The minimum absolute atomic E-state index is 0.118. The number of nitrogens with zero attached hydrogens (tertiary/aromatic N) is 2. The molecule has 2 heterocycles. The molecule has 0 spiro atoms. The third-order valence-electron chi connectivity index (χ3n) is 6.07. The Morgan fingerprint density at radius 1 is 1.27 bits per heavy atom. The lowest BCUT2D eigenvalue weighted by Crippen LogP contribution is -2.03. The summed E-state index contributed by atoms with van der Waals surface area (Å²) in [5.41, 5.74) is 2.20. The van der Waals surface area contributed by atoms with Gasteiger partial charge in [0.25, 0.3) is 0 Å². The van der Waals surface area contributed by atoms with E-state index < -0.39 is 5.82 Å². The van der Waals surface area contributed by atoms with Gasteiger partial charge >= 0.3 is 0 Å². The molecule has 1 saturated carbocycles. The molecule has 33 heavy (non-hydrogen) atoms. The highest BCUT2D eigenvalue weighted by atomic mass is 35.5. The Labute approximate surface area is 200 Å². The fourth-order valence-electron chi connectivity index (χ4n) is 4.13. The number of carbonyl (C=O) groups is 1. The SMILES string of the molecule is C=CC(=O)Cc1cc2c(Nc3ccc(Cl)c(Cl)c3F)ncnc2cc1C#CC1C2COCC12. The lowest BCUT2D eigenvalue weighted by atomic mass is 9.99. The van der Waals surface area contributed by atoms with Gasteiger partial charge in [-0.05, 0) is 35.9 Å². The zero-order valence-electron chi connectivity index (χ0n) is 17.4. The highest BCUT2D eigenvalue weighted by molar-refractivity contribution is 6.42. The van der Waals surface area contributed by atoms with Gasteiger partial charge in [-0.1, -0.05) is 41.6 Å². The van der Waals surface area contributed by atoms with Crippen LogP contribution in [0.1, 0.15) is 11.1 Å². The van der Waals surface area contributed by atoms with Crippen molar-refractivity contribution in [2.24, 2.45) is 17.8 Å². The van der Waals surface area contributed by atoms with E-state index in [2.05, 4.69) is 33.7 Å². The van der Waals surface area contributed by atoms with Gasteiger partial charge in [0.05, 0.1) is 34.5 Å². The van der Waals surface area contributed by atoms with Crippen molar-refractivity contribution in [2.75, 3.05) is 18.5 Å². The van der Waals surface area contributed by atoms with Gasteiger partial charge in [0.15, 0.2) is 11.6 Å². The second kappa shape index (κ2) is 8.75. The molecule has 0 bridgehead atoms. The minimum Gasteiger partial charge on any atom is -0.381 e. The molecule has 1 aliphatic carbocycles. The third kappa shape index (κ3) is 4.20. The van der Waals surface area contributed by atoms with Crippen molar-refractivity contribution in [1.29, 1.82) is 0 Å². The van der Waals surface area contributed by atoms with Crippen LogP contribution < -0.4 is 5.32 Å². The molecule has 2 fully saturated rings. The fourth-order valence-corrected chi connectivity index (χ4v) is 4.45. The standard InChI is InChI=1S/C25H18Cl2FN3O2/c1-2-15(32)7-14-8-17-22(9-13(14)3-4-16-18-10-33-11-19(16)18)29-12-30-25(17)31-21-6-5-20(26)23(27)24(21)28/h2,5-6,8-9,12,16,18-19H,1,7,10-11H2,(H,29,30,31). The number of hydrogen-bond acceptors (Lipinski definition) is 5. The smallest absolute Gasteiger partial charge is 0.166 e. The van der Waals surface area contributed by atoms with Crippen LogP contribution in [0.5, 0.6) is 0 Å². The Hall–Kier alpha value is -2.98. The molecule has 2 aliphatic rings. The molecule has 5 nitrogen and oxygen atoms in total. The van der Waals surface area contributed by atoms with E-state index in [1.807, 2.05) is 12.1 Å². The number of hydrogen-bond donors (Lipinski definition) is 1. The summed E-state index contributed by atoms with van der Waals surface area (Å²) in [7, 11) is 0. The number of carbonyl (C=O) groups excluding carboxylic acids is 1. The molecular weight excluding hydrogens is 464 g/mol. The van der Waals surface area contributed by atoms with Crippen LogP contribution in [-0.2, 0) is 16.0 Å². The quantitative estimate of drug-likeness (QED) is 0.301. The van der Waals surface area contributed by atoms with E-state index in [4.69, 9.17) is 27.9 Å². The maximum absolute atomic E-state index is 14.6. The van der Waals surface area contributed by atoms with E-state index in [9.17, 15) is 9.18 Å². The van der Waals surface area contributed by atoms with Crippen molar-refractivity contribution in [3.05, 3.63) is 70.2 Å². The molecule has 166 valence electrons. The first kappa shape index (κ1) is 21.8. The van der Waals surface area contributed by atoms with E-state index in [1.165, 1.54) is 24.5 Å². The maximum atomic E-state index is 14.6. The fraction of sp³-hybridized carbons (Fsp3) is 0.240. The van der Waals surface area contributed by atoms with Crippen LogP contribution in [0.4, 0.5) is 15.9 Å². The van der Waals surface area contributed by atoms with Crippen LogP contribution in [0.15, 0.2) is 43.2 Å². The summed E-state index contributed by atoms with van der Waals surface area (Å²) in [6.07, 6.45) is 2.81. The minimum atomic E-state index is -0.681. The molecule has 0 amide bonds. The Morgan fingerprint density at radius 2 is 2.06 bits per heavy atom. The van der Waals surface area contributed by atoms with Gasteiger partial charge < -0.3 is 10.1 Å². The van der Waals surface area contributed by atoms with Gasteiger partial charge in [-0.25, -0.2) is 14.4 Å². The molecule has 8 heteroatoms. The molecule has 1 aromatic heterocycles. The van der Waals surface area contributed by atoms with E-state index in [-0.39, 0.29) is 27.9 Å². The molecule has 1 aliphatic heterocycles. The number of aromatic nitrogens is 2. The van der Waals surface area contributed by atoms with Gasteiger partial charge in [-0.15, -0.1) is 0 Å². The van der Waals surface area contributed by atoms with E-state index in [1.54, 1.807) is 0 Å². The molecule has 1 N–H and O–H groups in total. The van der Waals surface area contributed by atoms with Crippen molar-refractivity contribution in [2.45, 2.75) is 6.42 Å². The number of ether oxygens (including phenoxy) is 1. The lowest BCUT2D eigenvalue weighted by Gasteiger charge is -2.12. The average Bonchev–Trinajstić information content (AvgIpc) is 3.23. The first-order chi connectivity index (χ1) is 16.0. The molecule has 2 unspecified atom stereocenters. The van der Waals surface area contributed by atoms with Crippen molar-refractivity contribution in [3.63, 3.8) is 0 Å². The molecule has 3 aromatic rings. The normalized spacial score (nSPS) is 20.6. The predicted molar refractivity (Wildman–Crippen MR) is 126 cm³/mol. The number of ketones is 1. The molecule has 1 saturated heterocycles. The second-order valence-electron chi connectivity index (χ2n) is 8.10. The topological polar surface area (TPSA) is 64.1 Å². The first-order valence-electron chi connectivity index (χ1n) is 10.4. The van der Waals surface area contributed by atoms with Crippen LogP contribution >= 0.6 is 23.2 Å². The highest BCUT2D eigenvalue weighted by Crippen LogP contribution is 2.50.